The second kappa shape index (κ2) is 10.0. The quantitative estimate of drug-likeness (QED) is 0.267. The van der Waals surface area contributed by atoms with Gasteiger partial charge in [0.2, 0.25) is 18.4 Å². The summed E-state index contributed by atoms with van der Waals surface area (Å²) >= 11 is 0. The molecule has 0 spiro atoms. The summed E-state index contributed by atoms with van der Waals surface area (Å²) in [6, 6.07) is 11.8. The molecule has 176 valence electrons. The van der Waals surface area contributed by atoms with Gasteiger partial charge in [0.05, 0.1) is 17.1 Å². The number of carbonyl (C=O) groups is 1. The molecule has 0 saturated carbocycles. The van der Waals surface area contributed by atoms with Gasteiger partial charge < -0.3 is 24.8 Å². The Bertz CT molecular complexity index is 1200. The van der Waals surface area contributed by atoms with E-state index in [-0.39, 0.29) is 36.6 Å². The van der Waals surface area contributed by atoms with Gasteiger partial charge in [-0.1, -0.05) is 19.9 Å². The molecule has 11 heteroatoms. The normalized spacial score (nSPS) is 11.9. The van der Waals surface area contributed by atoms with Gasteiger partial charge in [-0.25, -0.2) is 14.8 Å². The summed E-state index contributed by atoms with van der Waals surface area (Å²) < 4.78 is 15.9. The fourth-order valence-corrected chi connectivity index (χ4v) is 3.16. The van der Waals surface area contributed by atoms with E-state index < -0.39 is 10.9 Å². The summed E-state index contributed by atoms with van der Waals surface area (Å²) in [5.74, 6) is 1.16. The minimum atomic E-state index is -0.554. The highest BCUT2D eigenvalue weighted by Gasteiger charge is 2.23. The van der Waals surface area contributed by atoms with Crippen molar-refractivity contribution in [2.75, 3.05) is 24.0 Å². The average molecular weight is 465 g/mol. The first-order valence-corrected chi connectivity index (χ1v) is 10.6. The molecule has 0 unspecified atom stereocenters. The van der Waals surface area contributed by atoms with Gasteiger partial charge in [-0.3, -0.25) is 10.1 Å². The van der Waals surface area contributed by atoms with E-state index in [0.29, 0.717) is 29.4 Å². The van der Waals surface area contributed by atoms with Gasteiger partial charge in [0.15, 0.2) is 11.5 Å². The van der Waals surface area contributed by atoms with Gasteiger partial charge in [0.25, 0.3) is 0 Å². The first-order chi connectivity index (χ1) is 16.4. The van der Waals surface area contributed by atoms with Gasteiger partial charge in [-0.05, 0) is 47.9 Å². The van der Waals surface area contributed by atoms with Crippen LogP contribution in [-0.2, 0) is 11.3 Å². The fourth-order valence-electron chi connectivity index (χ4n) is 3.16. The smallest absolute Gasteiger partial charge is 0.353 e. The Morgan fingerprint density at radius 2 is 1.85 bits per heavy atom. The summed E-state index contributed by atoms with van der Waals surface area (Å²) in [7, 11) is 0. The standard InChI is InChI=1S/C23H23N5O6/c1-14(2)11-32-23(29)16-4-6-17(7-5-16)27-22-20(28(30)31)21(25-12-26-22)24-10-15-3-8-18-19(9-15)34-13-33-18/h3-9,12,14H,10-11,13H2,1-2H3,(H2,24,25,26,27). The lowest BCUT2D eigenvalue weighted by Crippen LogP contribution is -2.10. The Labute approximate surface area is 195 Å². The first-order valence-electron chi connectivity index (χ1n) is 10.6. The van der Waals surface area contributed by atoms with Crippen LogP contribution in [0.15, 0.2) is 48.8 Å². The van der Waals surface area contributed by atoms with Crippen molar-refractivity contribution in [1.29, 1.82) is 0 Å². The third-order valence-corrected chi connectivity index (χ3v) is 4.83. The Morgan fingerprint density at radius 3 is 2.59 bits per heavy atom. The van der Waals surface area contributed by atoms with Gasteiger partial charge in [0, 0.05) is 12.2 Å². The molecular weight excluding hydrogens is 442 g/mol. The molecule has 2 aromatic carbocycles. The number of hydrogen-bond donors (Lipinski definition) is 2. The number of fused-ring (bicyclic) bond motifs is 1. The Kier molecular flexibility index (Phi) is 6.72. The van der Waals surface area contributed by atoms with Gasteiger partial charge >= 0.3 is 11.7 Å². The molecule has 2 N–H and O–H groups in total. The maximum absolute atomic E-state index is 12.1. The van der Waals surface area contributed by atoms with Crippen LogP contribution in [0.25, 0.3) is 0 Å². The third kappa shape index (κ3) is 5.31. The topological polar surface area (TPSA) is 138 Å². The number of carbonyl (C=O) groups excluding carboxylic acids is 1. The van der Waals surface area contributed by atoms with Crippen molar-refractivity contribution in [2.45, 2.75) is 20.4 Å². The van der Waals surface area contributed by atoms with Crippen LogP contribution in [0.3, 0.4) is 0 Å². The lowest BCUT2D eigenvalue weighted by molar-refractivity contribution is -0.383. The predicted octanol–water partition coefficient (Wildman–Crippen LogP) is 4.28. The SMILES string of the molecule is CC(C)COC(=O)c1ccc(Nc2ncnc(NCc3ccc4c(c3)OCO4)c2[N+](=O)[O-])cc1. The van der Waals surface area contributed by atoms with Gasteiger partial charge in [0.1, 0.15) is 6.33 Å². The van der Waals surface area contributed by atoms with Crippen molar-refractivity contribution < 1.29 is 23.9 Å². The summed E-state index contributed by atoms with van der Waals surface area (Å²) in [5, 5.41) is 17.7. The van der Waals surface area contributed by atoms with Crippen LogP contribution in [-0.4, -0.2) is 34.3 Å². The molecule has 3 aromatic rings. The molecule has 0 bridgehead atoms. The third-order valence-electron chi connectivity index (χ3n) is 4.83. The molecule has 0 radical (unpaired) electrons. The lowest BCUT2D eigenvalue weighted by atomic mass is 10.2. The fraction of sp³-hybridized carbons (Fsp3) is 0.261. The van der Waals surface area contributed by atoms with Crippen molar-refractivity contribution in [3.63, 3.8) is 0 Å². The summed E-state index contributed by atoms with van der Waals surface area (Å²) in [4.78, 5) is 31.4. The molecule has 34 heavy (non-hydrogen) atoms. The number of aromatic nitrogens is 2. The van der Waals surface area contributed by atoms with E-state index in [0.717, 1.165) is 5.56 Å². The van der Waals surface area contributed by atoms with Crippen LogP contribution in [0.5, 0.6) is 11.5 Å². The van der Waals surface area contributed by atoms with Gasteiger partial charge in [-0.15, -0.1) is 0 Å². The van der Waals surface area contributed by atoms with Crippen LogP contribution >= 0.6 is 0 Å². The largest absolute Gasteiger partial charge is 0.462 e. The van der Waals surface area contributed by atoms with E-state index >= 15 is 0 Å². The molecule has 1 aliphatic rings. The van der Waals surface area contributed by atoms with Crippen molar-refractivity contribution >= 4 is 29.0 Å². The molecular formula is C23H23N5O6. The lowest BCUT2D eigenvalue weighted by Gasteiger charge is -2.11. The van der Waals surface area contributed by atoms with E-state index in [9.17, 15) is 14.9 Å². The van der Waals surface area contributed by atoms with Crippen LogP contribution in [0.1, 0.15) is 29.8 Å². The molecule has 0 fully saturated rings. The summed E-state index contributed by atoms with van der Waals surface area (Å²) in [5.41, 5.74) is 1.44. The summed E-state index contributed by atoms with van der Waals surface area (Å²) in [6.45, 7) is 4.67. The number of nitro groups is 1. The summed E-state index contributed by atoms with van der Waals surface area (Å²) in [6.07, 6.45) is 1.23. The highest BCUT2D eigenvalue weighted by Crippen LogP contribution is 2.34. The molecule has 1 aliphatic heterocycles. The van der Waals surface area contributed by atoms with E-state index in [1.54, 1.807) is 36.4 Å². The van der Waals surface area contributed by atoms with E-state index in [1.807, 2.05) is 19.9 Å². The zero-order valence-corrected chi connectivity index (χ0v) is 18.6. The number of nitrogens with zero attached hydrogens (tertiary/aromatic N) is 3. The van der Waals surface area contributed by atoms with Crippen molar-refractivity contribution in [3.8, 4) is 11.5 Å². The first kappa shape index (κ1) is 22.8. The number of esters is 1. The Hall–Kier alpha value is -4.41. The van der Waals surface area contributed by atoms with Crippen molar-refractivity contribution in [2.24, 2.45) is 5.92 Å². The highest BCUT2D eigenvalue weighted by atomic mass is 16.7. The van der Waals surface area contributed by atoms with Crippen LogP contribution in [0.4, 0.5) is 23.0 Å². The molecule has 11 nitrogen and oxygen atoms in total. The predicted molar refractivity (Wildman–Crippen MR) is 123 cm³/mol. The Morgan fingerprint density at radius 1 is 1.12 bits per heavy atom. The molecule has 0 atom stereocenters. The Balaban J connectivity index is 1.47. The average Bonchev–Trinajstić information content (AvgIpc) is 3.29. The molecule has 1 aromatic heterocycles. The minimum absolute atomic E-state index is 0.0170. The zero-order chi connectivity index (χ0) is 24.1. The number of benzene rings is 2. The molecule has 0 aliphatic carbocycles. The number of nitrogens with one attached hydrogen (secondary N) is 2. The van der Waals surface area contributed by atoms with Crippen LogP contribution in [0.2, 0.25) is 0 Å². The molecule has 4 rings (SSSR count). The van der Waals surface area contributed by atoms with Crippen LogP contribution < -0.4 is 20.1 Å². The number of anilines is 3. The van der Waals surface area contributed by atoms with E-state index in [2.05, 4.69) is 20.6 Å². The number of ether oxygens (including phenoxy) is 3. The van der Waals surface area contributed by atoms with Crippen molar-refractivity contribution in [1.82, 2.24) is 9.97 Å². The van der Waals surface area contributed by atoms with Crippen LogP contribution in [0, 0.1) is 16.0 Å². The molecule has 2 heterocycles. The number of hydrogen-bond acceptors (Lipinski definition) is 10. The maximum Gasteiger partial charge on any atom is 0.353 e. The second-order valence-electron chi connectivity index (χ2n) is 7.91. The molecule has 0 saturated heterocycles. The maximum atomic E-state index is 12.1. The van der Waals surface area contributed by atoms with Crippen molar-refractivity contribution in [3.05, 3.63) is 70.0 Å². The number of rotatable bonds is 9. The van der Waals surface area contributed by atoms with Gasteiger partial charge in [-0.2, -0.15) is 0 Å². The minimum Gasteiger partial charge on any atom is -0.462 e. The molecule has 0 amide bonds. The van der Waals surface area contributed by atoms with E-state index in [1.165, 1.54) is 6.33 Å². The monoisotopic (exact) mass is 465 g/mol. The van der Waals surface area contributed by atoms with E-state index in [4.69, 9.17) is 14.2 Å². The second-order valence-corrected chi connectivity index (χ2v) is 7.91. The highest BCUT2D eigenvalue weighted by molar-refractivity contribution is 5.90. The zero-order valence-electron chi connectivity index (χ0n) is 18.6.